The second kappa shape index (κ2) is 5.24. The molecule has 0 radical (unpaired) electrons. The number of hydrogen-bond acceptors (Lipinski definition) is 4. The molecule has 0 bridgehead atoms. The summed E-state index contributed by atoms with van der Waals surface area (Å²) in [5.41, 5.74) is 2.43. The van der Waals surface area contributed by atoms with Crippen molar-refractivity contribution in [3.8, 4) is 10.6 Å². The maximum Gasteiger partial charge on any atom is 0.127 e. The monoisotopic (exact) mass is 262 g/mol. The summed E-state index contributed by atoms with van der Waals surface area (Å²) in [6.07, 6.45) is 7.23. The lowest BCUT2D eigenvalue weighted by molar-refractivity contribution is 0.509. The van der Waals surface area contributed by atoms with Crippen molar-refractivity contribution in [3.63, 3.8) is 0 Å². The number of rotatable bonds is 4. The topological polar surface area (TPSA) is 38.1 Å². The van der Waals surface area contributed by atoms with Gasteiger partial charge in [0.05, 0.1) is 12.0 Å². The lowest BCUT2D eigenvalue weighted by Crippen LogP contribution is -2.23. The van der Waals surface area contributed by atoms with Crippen molar-refractivity contribution >= 4 is 11.3 Å². The average molecular weight is 262 g/mol. The Kier molecular flexibility index (Phi) is 3.48. The Hall–Kier alpha value is -1.13. The molecule has 1 atom stereocenters. The van der Waals surface area contributed by atoms with Crippen LogP contribution in [-0.4, -0.2) is 18.1 Å². The van der Waals surface area contributed by atoms with E-state index in [1.807, 2.05) is 17.4 Å². The van der Waals surface area contributed by atoms with Crippen LogP contribution >= 0.6 is 11.3 Å². The first-order valence-corrected chi connectivity index (χ1v) is 7.43. The molecule has 3 nitrogen and oxygen atoms in total. The van der Waals surface area contributed by atoms with Gasteiger partial charge in [-0.25, -0.2) is 4.98 Å². The Morgan fingerprint density at radius 1 is 1.56 bits per heavy atom. The molecule has 3 rings (SSSR count). The molecule has 1 N–H and O–H groups in total. The van der Waals surface area contributed by atoms with E-state index in [1.54, 1.807) is 12.5 Å². The van der Waals surface area contributed by atoms with E-state index in [4.69, 9.17) is 9.40 Å². The summed E-state index contributed by atoms with van der Waals surface area (Å²) < 4.78 is 5.15. The first kappa shape index (κ1) is 11.9. The zero-order chi connectivity index (χ0) is 12.4. The molecule has 1 aliphatic rings. The normalized spacial score (nSPS) is 18.8. The van der Waals surface area contributed by atoms with E-state index in [9.17, 15) is 0 Å². The van der Waals surface area contributed by atoms with E-state index in [1.165, 1.54) is 29.8 Å². The number of thiazole rings is 1. The Bertz CT molecular complexity index is 504. The summed E-state index contributed by atoms with van der Waals surface area (Å²) in [5, 5.41) is 4.56. The summed E-state index contributed by atoms with van der Waals surface area (Å²) in [6, 6.07) is 1.99. The SMILES string of the molecule is CCNCC1CCCc2sc(-c3ccoc3)nc21. The fourth-order valence-electron chi connectivity index (χ4n) is 2.53. The van der Waals surface area contributed by atoms with Gasteiger partial charge in [-0.3, -0.25) is 0 Å². The van der Waals surface area contributed by atoms with Crippen molar-refractivity contribution in [2.24, 2.45) is 0 Å². The van der Waals surface area contributed by atoms with Crippen LogP contribution in [0.2, 0.25) is 0 Å². The quantitative estimate of drug-likeness (QED) is 0.917. The van der Waals surface area contributed by atoms with Crippen LogP contribution in [0.4, 0.5) is 0 Å². The zero-order valence-electron chi connectivity index (χ0n) is 10.6. The fourth-order valence-corrected chi connectivity index (χ4v) is 3.71. The maximum absolute atomic E-state index is 5.15. The van der Waals surface area contributed by atoms with Crippen molar-refractivity contribution < 1.29 is 4.42 Å². The van der Waals surface area contributed by atoms with Crippen LogP contribution in [0, 0.1) is 0 Å². The Labute approximate surface area is 111 Å². The van der Waals surface area contributed by atoms with E-state index >= 15 is 0 Å². The molecule has 2 heterocycles. The van der Waals surface area contributed by atoms with Crippen molar-refractivity contribution in [1.82, 2.24) is 10.3 Å². The molecular formula is C14H18N2OS. The molecule has 0 aliphatic heterocycles. The zero-order valence-corrected chi connectivity index (χ0v) is 11.4. The number of likely N-dealkylation sites (N-methyl/N-ethyl adjacent to an activating group) is 1. The van der Waals surface area contributed by atoms with E-state index < -0.39 is 0 Å². The average Bonchev–Trinajstić information content (AvgIpc) is 3.03. The number of aryl methyl sites for hydroxylation is 1. The van der Waals surface area contributed by atoms with Crippen LogP contribution in [0.3, 0.4) is 0 Å². The molecule has 0 amide bonds. The standard InChI is InChI=1S/C14H18N2OS/c1-2-15-8-10-4-3-5-12-13(10)16-14(18-12)11-6-7-17-9-11/h6-7,9-10,15H,2-5,8H2,1H3. The van der Waals surface area contributed by atoms with Gasteiger partial charge in [0.2, 0.25) is 0 Å². The smallest absolute Gasteiger partial charge is 0.127 e. The number of nitrogens with one attached hydrogen (secondary N) is 1. The third kappa shape index (κ3) is 2.22. The molecule has 4 heteroatoms. The third-order valence-corrected chi connectivity index (χ3v) is 4.66. The molecule has 0 fully saturated rings. The van der Waals surface area contributed by atoms with Gasteiger partial charge in [0.1, 0.15) is 11.3 Å². The lowest BCUT2D eigenvalue weighted by atomic mass is 9.91. The van der Waals surface area contributed by atoms with Gasteiger partial charge in [0.25, 0.3) is 0 Å². The molecule has 1 unspecified atom stereocenters. The van der Waals surface area contributed by atoms with E-state index in [0.717, 1.165) is 23.7 Å². The van der Waals surface area contributed by atoms with Gasteiger partial charge >= 0.3 is 0 Å². The van der Waals surface area contributed by atoms with Gasteiger partial charge in [0.15, 0.2) is 0 Å². The van der Waals surface area contributed by atoms with Crippen LogP contribution in [0.25, 0.3) is 10.6 Å². The van der Waals surface area contributed by atoms with Crippen LogP contribution in [-0.2, 0) is 6.42 Å². The first-order chi connectivity index (χ1) is 8.88. The summed E-state index contributed by atoms with van der Waals surface area (Å²) in [5.74, 6) is 0.589. The number of fused-ring (bicyclic) bond motifs is 1. The molecule has 2 aromatic rings. The van der Waals surface area contributed by atoms with Crippen molar-refractivity contribution in [3.05, 3.63) is 29.2 Å². The van der Waals surface area contributed by atoms with Crippen molar-refractivity contribution in [2.75, 3.05) is 13.1 Å². The highest BCUT2D eigenvalue weighted by atomic mass is 32.1. The van der Waals surface area contributed by atoms with Gasteiger partial charge in [-0.2, -0.15) is 0 Å². The van der Waals surface area contributed by atoms with Crippen LogP contribution < -0.4 is 5.32 Å². The summed E-state index contributed by atoms with van der Waals surface area (Å²) >= 11 is 1.83. The Morgan fingerprint density at radius 2 is 2.50 bits per heavy atom. The van der Waals surface area contributed by atoms with Crippen LogP contribution in [0.5, 0.6) is 0 Å². The Balaban J connectivity index is 1.88. The molecule has 0 aromatic carbocycles. The van der Waals surface area contributed by atoms with Gasteiger partial charge in [0, 0.05) is 22.9 Å². The summed E-state index contributed by atoms with van der Waals surface area (Å²) in [6.45, 7) is 4.24. The molecule has 2 aromatic heterocycles. The molecule has 0 spiro atoms. The fraction of sp³-hybridized carbons (Fsp3) is 0.500. The number of hydrogen-bond donors (Lipinski definition) is 1. The van der Waals surface area contributed by atoms with Crippen molar-refractivity contribution in [1.29, 1.82) is 0 Å². The van der Waals surface area contributed by atoms with Gasteiger partial charge in [-0.1, -0.05) is 6.92 Å². The molecule has 1 aliphatic carbocycles. The second-order valence-electron chi connectivity index (χ2n) is 4.74. The van der Waals surface area contributed by atoms with Crippen LogP contribution in [0.15, 0.2) is 23.0 Å². The largest absolute Gasteiger partial charge is 0.472 e. The number of nitrogens with zero attached hydrogens (tertiary/aromatic N) is 1. The maximum atomic E-state index is 5.15. The van der Waals surface area contributed by atoms with E-state index in [0.29, 0.717) is 5.92 Å². The molecule has 0 saturated heterocycles. The minimum Gasteiger partial charge on any atom is -0.472 e. The predicted molar refractivity (Wildman–Crippen MR) is 74.0 cm³/mol. The molecule has 0 saturated carbocycles. The highest BCUT2D eigenvalue weighted by Gasteiger charge is 2.24. The number of furan rings is 1. The predicted octanol–water partition coefficient (Wildman–Crippen LogP) is 3.43. The van der Waals surface area contributed by atoms with Gasteiger partial charge in [-0.05, 0) is 31.9 Å². The van der Waals surface area contributed by atoms with Crippen LogP contribution in [0.1, 0.15) is 36.3 Å². The van der Waals surface area contributed by atoms with E-state index in [-0.39, 0.29) is 0 Å². The minimum absolute atomic E-state index is 0.589. The Morgan fingerprint density at radius 3 is 3.28 bits per heavy atom. The van der Waals surface area contributed by atoms with E-state index in [2.05, 4.69) is 12.2 Å². The lowest BCUT2D eigenvalue weighted by Gasteiger charge is -2.21. The van der Waals surface area contributed by atoms with Crippen molar-refractivity contribution in [2.45, 2.75) is 32.1 Å². The first-order valence-electron chi connectivity index (χ1n) is 6.61. The molecule has 18 heavy (non-hydrogen) atoms. The number of aromatic nitrogens is 1. The highest BCUT2D eigenvalue weighted by Crippen LogP contribution is 2.37. The molecular weight excluding hydrogens is 244 g/mol. The minimum atomic E-state index is 0.589. The van der Waals surface area contributed by atoms with Gasteiger partial charge in [-0.15, -0.1) is 11.3 Å². The third-order valence-electron chi connectivity index (χ3n) is 3.48. The summed E-state index contributed by atoms with van der Waals surface area (Å²) in [7, 11) is 0. The molecule has 96 valence electrons. The van der Waals surface area contributed by atoms with Gasteiger partial charge < -0.3 is 9.73 Å². The highest BCUT2D eigenvalue weighted by molar-refractivity contribution is 7.15. The summed E-state index contributed by atoms with van der Waals surface area (Å²) in [4.78, 5) is 6.32. The second-order valence-corrected chi connectivity index (χ2v) is 5.82.